The van der Waals surface area contributed by atoms with Crippen molar-refractivity contribution in [1.29, 1.82) is 0 Å². The molecule has 0 aromatic rings. The van der Waals surface area contributed by atoms with E-state index in [1.54, 1.807) is 0 Å². The van der Waals surface area contributed by atoms with E-state index in [-0.39, 0.29) is 0 Å². The summed E-state index contributed by atoms with van der Waals surface area (Å²) in [4.78, 5) is 2.64. The zero-order valence-electron chi connectivity index (χ0n) is 10.9. The standard InChI is InChI=1S/C13H28N2/c1-5-12(4)13-10-15(9-11(2)3)8-6-7-14-13/h11-14H,5-10H2,1-4H3. The lowest BCUT2D eigenvalue weighted by atomic mass is 9.98. The molecule has 0 radical (unpaired) electrons. The molecule has 1 aliphatic heterocycles. The zero-order valence-corrected chi connectivity index (χ0v) is 10.9. The van der Waals surface area contributed by atoms with Gasteiger partial charge in [0, 0.05) is 19.1 Å². The molecular weight excluding hydrogens is 184 g/mol. The van der Waals surface area contributed by atoms with Gasteiger partial charge in [0.25, 0.3) is 0 Å². The van der Waals surface area contributed by atoms with Crippen LogP contribution in [0.5, 0.6) is 0 Å². The number of nitrogens with zero attached hydrogens (tertiary/aromatic N) is 1. The summed E-state index contributed by atoms with van der Waals surface area (Å²) in [6.07, 6.45) is 2.59. The normalized spacial score (nSPS) is 26.6. The second kappa shape index (κ2) is 6.49. The summed E-state index contributed by atoms with van der Waals surface area (Å²) in [5.41, 5.74) is 0. The van der Waals surface area contributed by atoms with Gasteiger partial charge in [-0.25, -0.2) is 0 Å². The van der Waals surface area contributed by atoms with E-state index < -0.39 is 0 Å². The molecule has 1 aliphatic rings. The van der Waals surface area contributed by atoms with Crippen LogP contribution in [0.15, 0.2) is 0 Å². The third-order valence-electron chi connectivity index (χ3n) is 3.47. The van der Waals surface area contributed by atoms with Crippen molar-refractivity contribution in [3.8, 4) is 0 Å². The van der Waals surface area contributed by atoms with Gasteiger partial charge in [-0.1, -0.05) is 34.1 Å². The van der Waals surface area contributed by atoms with Crippen molar-refractivity contribution in [2.45, 2.75) is 46.6 Å². The minimum Gasteiger partial charge on any atom is -0.312 e. The van der Waals surface area contributed by atoms with Crippen LogP contribution < -0.4 is 5.32 Å². The molecule has 1 fully saturated rings. The number of hydrogen-bond donors (Lipinski definition) is 1. The predicted molar refractivity (Wildman–Crippen MR) is 67.1 cm³/mol. The van der Waals surface area contributed by atoms with Crippen LogP contribution in [-0.4, -0.2) is 37.1 Å². The molecule has 1 N–H and O–H groups in total. The van der Waals surface area contributed by atoms with Gasteiger partial charge in [0.2, 0.25) is 0 Å². The monoisotopic (exact) mass is 212 g/mol. The van der Waals surface area contributed by atoms with E-state index in [4.69, 9.17) is 0 Å². The van der Waals surface area contributed by atoms with Gasteiger partial charge in [-0.15, -0.1) is 0 Å². The smallest absolute Gasteiger partial charge is 0.0220 e. The fourth-order valence-electron chi connectivity index (χ4n) is 2.37. The van der Waals surface area contributed by atoms with Crippen molar-refractivity contribution in [3.05, 3.63) is 0 Å². The van der Waals surface area contributed by atoms with Crippen LogP contribution in [-0.2, 0) is 0 Å². The number of nitrogens with one attached hydrogen (secondary N) is 1. The highest BCUT2D eigenvalue weighted by atomic mass is 15.2. The first-order valence-electron chi connectivity index (χ1n) is 6.59. The molecule has 0 bridgehead atoms. The molecule has 0 aromatic heterocycles. The van der Waals surface area contributed by atoms with E-state index in [0.29, 0.717) is 6.04 Å². The van der Waals surface area contributed by atoms with E-state index >= 15 is 0 Å². The van der Waals surface area contributed by atoms with E-state index in [9.17, 15) is 0 Å². The summed E-state index contributed by atoms with van der Waals surface area (Å²) in [5.74, 6) is 1.60. The first-order chi connectivity index (χ1) is 7.13. The van der Waals surface area contributed by atoms with Crippen molar-refractivity contribution >= 4 is 0 Å². The van der Waals surface area contributed by atoms with Gasteiger partial charge in [0.1, 0.15) is 0 Å². The Labute approximate surface area is 95.4 Å². The molecular formula is C13H28N2. The van der Waals surface area contributed by atoms with Gasteiger partial charge in [-0.3, -0.25) is 0 Å². The SMILES string of the molecule is CCC(C)C1CN(CC(C)C)CCCN1. The number of hydrogen-bond acceptors (Lipinski definition) is 2. The van der Waals surface area contributed by atoms with Crippen LogP contribution in [0.3, 0.4) is 0 Å². The Hall–Kier alpha value is -0.0800. The molecule has 90 valence electrons. The van der Waals surface area contributed by atoms with Gasteiger partial charge in [0.05, 0.1) is 0 Å². The molecule has 1 heterocycles. The second-order valence-corrected chi connectivity index (χ2v) is 5.45. The Morgan fingerprint density at radius 2 is 2.07 bits per heavy atom. The molecule has 0 aromatic carbocycles. The highest BCUT2D eigenvalue weighted by molar-refractivity contribution is 4.80. The molecule has 2 nitrogen and oxygen atoms in total. The first kappa shape index (κ1) is 13.0. The van der Waals surface area contributed by atoms with Crippen LogP contribution in [0.4, 0.5) is 0 Å². The van der Waals surface area contributed by atoms with Gasteiger partial charge in [0.15, 0.2) is 0 Å². The van der Waals surface area contributed by atoms with Crippen molar-refractivity contribution < 1.29 is 0 Å². The molecule has 2 heteroatoms. The molecule has 1 saturated heterocycles. The molecule has 0 saturated carbocycles. The third kappa shape index (κ3) is 4.52. The molecule has 0 aliphatic carbocycles. The maximum Gasteiger partial charge on any atom is 0.0220 e. The van der Waals surface area contributed by atoms with Gasteiger partial charge < -0.3 is 10.2 Å². The largest absolute Gasteiger partial charge is 0.312 e. The Morgan fingerprint density at radius 1 is 1.33 bits per heavy atom. The minimum absolute atomic E-state index is 0.705. The molecule has 2 atom stereocenters. The fourth-order valence-corrected chi connectivity index (χ4v) is 2.37. The van der Waals surface area contributed by atoms with E-state index in [0.717, 1.165) is 11.8 Å². The quantitative estimate of drug-likeness (QED) is 0.769. The molecule has 0 spiro atoms. The average Bonchev–Trinajstić information content (AvgIpc) is 2.41. The lowest BCUT2D eigenvalue weighted by Gasteiger charge is -2.29. The van der Waals surface area contributed by atoms with Gasteiger partial charge in [-0.05, 0) is 31.3 Å². The Morgan fingerprint density at radius 3 is 2.67 bits per heavy atom. The van der Waals surface area contributed by atoms with Crippen molar-refractivity contribution in [2.75, 3.05) is 26.2 Å². The summed E-state index contributed by atoms with van der Waals surface area (Å²) in [6.45, 7) is 14.3. The highest BCUT2D eigenvalue weighted by Gasteiger charge is 2.21. The summed E-state index contributed by atoms with van der Waals surface area (Å²) < 4.78 is 0. The summed E-state index contributed by atoms with van der Waals surface area (Å²) in [6, 6.07) is 0.705. The van der Waals surface area contributed by atoms with Gasteiger partial charge >= 0.3 is 0 Å². The average molecular weight is 212 g/mol. The van der Waals surface area contributed by atoms with E-state index in [1.807, 2.05) is 0 Å². The van der Waals surface area contributed by atoms with E-state index in [2.05, 4.69) is 37.9 Å². The Kier molecular flexibility index (Phi) is 5.62. The van der Waals surface area contributed by atoms with Crippen LogP contribution in [0.2, 0.25) is 0 Å². The van der Waals surface area contributed by atoms with Crippen LogP contribution in [0.1, 0.15) is 40.5 Å². The first-order valence-corrected chi connectivity index (χ1v) is 6.59. The maximum atomic E-state index is 3.69. The van der Waals surface area contributed by atoms with Gasteiger partial charge in [-0.2, -0.15) is 0 Å². The summed E-state index contributed by atoms with van der Waals surface area (Å²) >= 11 is 0. The van der Waals surface area contributed by atoms with Crippen molar-refractivity contribution in [2.24, 2.45) is 11.8 Å². The van der Waals surface area contributed by atoms with Crippen LogP contribution in [0, 0.1) is 11.8 Å². The third-order valence-corrected chi connectivity index (χ3v) is 3.47. The highest BCUT2D eigenvalue weighted by Crippen LogP contribution is 2.13. The summed E-state index contributed by atoms with van der Waals surface area (Å²) in [5, 5.41) is 3.69. The molecule has 15 heavy (non-hydrogen) atoms. The van der Waals surface area contributed by atoms with Crippen LogP contribution >= 0.6 is 0 Å². The zero-order chi connectivity index (χ0) is 11.3. The lowest BCUT2D eigenvalue weighted by Crippen LogP contribution is -2.42. The summed E-state index contributed by atoms with van der Waals surface area (Å²) in [7, 11) is 0. The molecule has 1 rings (SSSR count). The Balaban J connectivity index is 2.45. The van der Waals surface area contributed by atoms with E-state index in [1.165, 1.54) is 39.0 Å². The number of rotatable bonds is 4. The van der Waals surface area contributed by atoms with Crippen molar-refractivity contribution in [3.63, 3.8) is 0 Å². The Bertz CT molecular complexity index is 168. The van der Waals surface area contributed by atoms with Crippen LogP contribution in [0.25, 0.3) is 0 Å². The lowest BCUT2D eigenvalue weighted by molar-refractivity contribution is 0.217. The molecule has 0 amide bonds. The topological polar surface area (TPSA) is 15.3 Å². The van der Waals surface area contributed by atoms with Crippen molar-refractivity contribution in [1.82, 2.24) is 10.2 Å². The fraction of sp³-hybridized carbons (Fsp3) is 1.00. The maximum absolute atomic E-state index is 3.69. The second-order valence-electron chi connectivity index (χ2n) is 5.45. The predicted octanol–water partition coefficient (Wildman–Crippen LogP) is 2.35. The minimum atomic E-state index is 0.705. The molecule has 2 unspecified atom stereocenters.